The molecule has 0 saturated heterocycles. The Bertz CT molecular complexity index is 921. The van der Waals surface area contributed by atoms with Gasteiger partial charge in [-0.1, -0.05) is 23.9 Å². The number of carbonyl (C=O) groups excluding carboxylic acids is 1. The minimum Gasteiger partial charge on any atom is -0.433 e. The Morgan fingerprint density at radius 2 is 1.96 bits per heavy atom. The molecule has 0 aliphatic carbocycles. The van der Waals surface area contributed by atoms with Gasteiger partial charge in [-0.15, -0.1) is 10.2 Å². The largest absolute Gasteiger partial charge is 0.433 e. The molecule has 0 bridgehead atoms. The first kappa shape index (κ1) is 18.8. The van der Waals surface area contributed by atoms with E-state index in [9.17, 15) is 13.6 Å². The fraction of sp³-hybridized carbons (Fsp3) is 0.176. The Kier molecular flexibility index (Phi) is 5.97. The van der Waals surface area contributed by atoms with Crippen molar-refractivity contribution in [2.45, 2.75) is 11.8 Å². The predicted molar refractivity (Wildman–Crippen MR) is 96.7 cm³/mol. The van der Waals surface area contributed by atoms with Crippen molar-refractivity contribution in [2.75, 3.05) is 11.1 Å². The molecule has 3 rings (SSSR count). The molecule has 2 heterocycles. The number of alkyl halides is 2. The Hall–Kier alpha value is -3.01. The van der Waals surface area contributed by atoms with Crippen molar-refractivity contribution >= 4 is 23.4 Å². The van der Waals surface area contributed by atoms with Gasteiger partial charge in [-0.2, -0.15) is 8.78 Å². The highest BCUT2D eigenvalue weighted by Gasteiger charge is 2.15. The van der Waals surface area contributed by atoms with E-state index in [-0.39, 0.29) is 23.1 Å². The van der Waals surface area contributed by atoms with Gasteiger partial charge in [-0.3, -0.25) is 9.78 Å². The van der Waals surface area contributed by atoms with Crippen LogP contribution in [0.5, 0.6) is 5.75 Å². The lowest BCUT2D eigenvalue weighted by Gasteiger charge is -2.11. The number of nitrogens with one attached hydrogen (secondary N) is 1. The number of aromatic nitrogens is 4. The van der Waals surface area contributed by atoms with Gasteiger partial charge in [0.25, 0.3) is 0 Å². The second kappa shape index (κ2) is 8.58. The molecule has 0 atom stereocenters. The third kappa shape index (κ3) is 4.79. The van der Waals surface area contributed by atoms with Crippen LogP contribution in [0.1, 0.15) is 0 Å². The molecule has 7 nitrogen and oxygen atoms in total. The molecular formula is C17H15F2N5O2S. The Morgan fingerprint density at radius 3 is 2.70 bits per heavy atom. The van der Waals surface area contributed by atoms with Gasteiger partial charge >= 0.3 is 6.61 Å². The molecule has 0 unspecified atom stereocenters. The summed E-state index contributed by atoms with van der Waals surface area (Å²) in [4.78, 5) is 16.1. The van der Waals surface area contributed by atoms with E-state index >= 15 is 0 Å². The second-order valence-corrected chi connectivity index (χ2v) is 6.26. The minimum absolute atomic E-state index is 0.0331. The SMILES string of the molecule is Cn1c(SCC(=O)Nc2ccccc2OC(F)F)nnc1-c1ccncc1. The maximum atomic E-state index is 12.4. The molecule has 0 aliphatic rings. The van der Waals surface area contributed by atoms with Crippen LogP contribution in [-0.4, -0.2) is 38.0 Å². The third-order valence-corrected chi connectivity index (χ3v) is 4.50. The maximum absolute atomic E-state index is 12.4. The zero-order chi connectivity index (χ0) is 19.2. The van der Waals surface area contributed by atoms with Crippen molar-refractivity contribution in [3.63, 3.8) is 0 Å². The number of para-hydroxylation sites is 2. The van der Waals surface area contributed by atoms with E-state index in [0.29, 0.717) is 11.0 Å². The lowest BCUT2D eigenvalue weighted by atomic mass is 10.2. The Labute approximate surface area is 157 Å². The van der Waals surface area contributed by atoms with Crippen LogP contribution in [0.2, 0.25) is 0 Å². The summed E-state index contributed by atoms with van der Waals surface area (Å²) in [7, 11) is 1.79. The van der Waals surface area contributed by atoms with E-state index in [0.717, 1.165) is 5.56 Å². The second-order valence-electron chi connectivity index (χ2n) is 5.31. The summed E-state index contributed by atoms with van der Waals surface area (Å²) in [6.07, 6.45) is 3.31. The van der Waals surface area contributed by atoms with E-state index < -0.39 is 6.61 Å². The highest BCUT2D eigenvalue weighted by atomic mass is 32.2. The summed E-state index contributed by atoms with van der Waals surface area (Å²) in [5.41, 5.74) is 1.04. The lowest BCUT2D eigenvalue weighted by Crippen LogP contribution is -2.16. The number of halogens is 2. The van der Waals surface area contributed by atoms with Crippen LogP contribution in [-0.2, 0) is 11.8 Å². The topological polar surface area (TPSA) is 81.9 Å². The summed E-state index contributed by atoms with van der Waals surface area (Å²) in [6, 6.07) is 9.63. The molecule has 0 fully saturated rings. The molecule has 3 aromatic rings. The minimum atomic E-state index is -2.97. The first-order chi connectivity index (χ1) is 13.0. The quantitative estimate of drug-likeness (QED) is 0.623. The van der Waals surface area contributed by atoms with Gasteiger partial charge in [0.05, 0.1) is 11.4 Å². The number of hydrogen-bond donors (Lipinski definition) is 1. The fourth-order valence-electron chi connectivity index (χ4n) is 2.28. The van der Waals surface area contributed by atoms with Gasteiger partial charge in [0.15, 0.2) is 11.0 Å². The van der Waals surface area contributed by atoms with Gasteiger partial charge in [0.1, 0.15) is 5.75 Å². The summed E-state index contributed by atoms with van der Waals surface area (Å²) in [5.74, 6) is 0.213. The Morgan fingerprint density at radius 1 is 1.22 bits per heavy atom. The smallest absolute Gasteiger partial charge is 0.387 e. The zero-order valence-corrected chi connectivity index (χ0v) is 15.0. The van der Waals surface area contributed by atoms with E-state index in [1.54, 1.807) is 36.1 Å². The molecule has 27 heavy (non-hydrogen) atoms. The molecule has 0 radical (unpaired) electrons. The van der Waals surface area contributed by atoms with Crippen molar-refractivity contribution in [1.29, 1.82) is 0 Å². The lowest BCUT2D eigenvalue weighted by molar-refractivity contribution is -0.113. The molecule has 1 amide bonds. The summed E-state index contributed by atoms with van der Waals surface area (Å²) in [6.45, 7) is -2.97. The molecule has 0 spiro atoms. The van der Waals surface area contributed by atoms with Gasteiger partial charge in [-0.25, -0.2) is 0 Å². The number of hydrogen-bond acceptors (Lipinski definition) is 6. The number of amides is 1. The molecule has 2 aromatic heterocycles. The number of ether oxygens (including phenoxy) is 1. The number of nitrogens with zero attached hydrogens (tertiary/aromatic N) is 4. The molecule has 10 heteroatoms. The van der Waals surface area contributed by atoms with Crippen LogP contribution < -0.4 is 10.1 Å². The van der Waals surface area contributed by atoms with Crippen LogP contribution in [0, 0.1) is 0 Å². The molecular weight excluding hydrogens is 376 g/mol. The monoisotopic (exact) mass is 391 g/mol. The normalized spacial score (nSPS) is 10.8. The van der Waals surface area contributed by atoms with E-state index in [4.69, 9.17) is 0 Å². The van der Waals surface area contributed by atoms with E-state index in [1.165, 1.54) is 23.9 Å². The average molecular weight is 391 g/mol. The Balaban J connectivity index is 1.63. The van der Waals surface area contributed by atoms with Crippen molar-refractivity contribution < 1.29 is 18.3 Å². The van der Waals surface area contributed by atoms with Crippen LogP contribution in [0.25, 0.3) is 11.4 Å². The van der Waals surface area contributed by atoms with Crippen LogP contribution in [0.15, 0.2) is 53.9 Å². The summed E-state index contributed by atoms with van der Waals surface area (Å²) in [5, 5.41) is 11.3. The van der Waals surface area contributed by atoms with Crippen molar-refractivity contribution in [1.82, 2.24) is 19.7 Å². The van der Waals surface area contributed by atoms with Crippen molar-refractivity contribution in [2.24, 2.45) is 7.05 Å². The van der Waals surface area contributed by atoms with Crippen LogP contribution in [0.4, 0.5) is 14.5 Å². The van der Waals surface area contributed by atoms with Gasteiger partial charge < -0.3 is 14.6 Å². The average Bonchev–Trinajstić information content (AvgIpc) is 3.02. The fourth-order valence-corrected chi connectivity index (χ4v) is 2.99. The maximum Gasteiger partial charge on any atom is 0.387 e. The number of benzene rings is 1. The van der Waals surface area contributed by atoms with Crippen LogP contribution in [0.3, 0.4) is 0 Å². The number of pyridine rings is 1. The molecule has 0 aliphatic heterocycles. The number of thioether (sulfide) groups is 1. The van der Waals surface area contributed by atoms with E-state index in [1.807, 2.05) is 12.1 Å². The van der Waals surface area contributed by atoms with Gasteiger partial charge in [-0.05, 0) is 24.3 Å². The van der Waals surface area contributed by atoms with Gasteiger partial charge in [0, 0.05) is 25.0 Å². The molecule has 140 valence electrons. The number of rotatable bonds is 7. The first-order valence-electron chi connectivity index (χ1n) is 7.81. The standard InChI is InChI=1S/C17H15F2N5O2S/c1-24-15(11-6-8-20-9-7-11)22-23-17(24)27-10-14(25)21-12-4-2-3-5-13(12)26-16(18)19/h2-9,16H,10H2,1H3,(H,21,25). The molecule has 1 aromatic carbocycles. The van der Waals surface area contributed by atoms with Gasteiger partial charge in [0.2, 0.25) is 5.91 Å². The first-order valence-corrected chi connectivity index (χ1v) is 8.79. The molecule has 0 saturated carbocycles. The highest BCUT2D eigenvalue weighted by Crippen LogP contribution is 2.26. The summed E-state index contributed by atoms with van der Waals surface area (Å²) < 4.78 is 31.0. The predicted octanol–water partition coefficient (Wildman–Crippen LogP) is 3.21. The zero-order valence-electron chi connectivity index (χ0n) is 14.2. The van der Waals surface area contributed by atoms with E-state index in [2.05, 4.69) is 25.2 Å². The third-order valence-electron chi connectivity index (χ3n) is 3.48. The summed E-state index contributed by atoms with van der Waals surface area (Å²) >= 11 is 1.18. The number of carbonyl (C=O) groups is 1. The van der Waals surface area contributed by atoms with Crippen molar-refractivity contribution in [3.05, 3.63) is 48.8 Å². The number of anilines is 1. The van der Waals surface area contributed by atoms with Crippen molar-refractivity contribution in [3.8, 4) is 17.1 Å². The molecule has 1 N–H and O–H groups in total. The highest BCUT2D eigenvalue weighted by molar-refractivity contribution is 7.99. The van der Waals surface area contributed by atoms with Crippen LogP contribution >= 0.6 is 11.8 Å².